The molecule has 1 aromatic carbocycles. The second-order valence-corrected chi connectivity index (χ2v) is 4.28. The Balaban J connectivity index is 1.98. The monoisotopic (exact) mass is 220 g/mol. The molecule has 1 saturated heterocycles. The molecule has 0 amide bonds. The lowest BCUT2D eigenvalue weighted by Gasteiger charge is -2.09. The van der Waals surface area contributed by atoms with Crippen molar-refractivity contribution in [3.8, 4) is 0 Å². The maximum Gasteiger partial charge on any atom is 0.304 e. The van der Waals surface area contributed by atoms with Crippen LogP contribution in [0.5, 0.6) is 0 Å². The number of carboxylic acid groups (broad SMARTS) is 1. The fourth-order valence-electron chi connectivity index (χ4n) is 1.98. The number of rotatable bonds is 3. The van der Waals surface area contributed by atoms with Gasteiger partial charge in [0, 0.05) is 12.1 Å². The molecular formula is C12H16N2O2. The number of carbonyl (C=O) groups is 1. The van der Waals surface area contributed by atoms with E-state index in [0.717, 1.165) is 6.42 Å². The molecule has 2 atom stereocenters. The molecule has 2 rings (SSSR count). The van der Waals surface area contributed by atoms with E-state index in [9.17, 15) is 4.79 Å². The highest BCUT2D eigenvalue weighted by Crippen LogP contribution is 2.23. The number of nitrogens with one attached hydrogen (secondary N) is 2. The topological polar surface area (TPSA) is 61.4 Å². The van der Waals surface area contributed by atoms with Crippen molar-refractivity contribution in [2.75, 3.05) is 0 Å². The van der Waals surface area contributed by atoms with Crippen LogP contribution in [0.25, 0.3) is 0 Å². The summed E-state index contributed by atoms with van der Waals surface area (Å²) in [5.74, 6) is -0.760. The van der Waals surface area contributed by atoms with Gasteiger partial charge in [0.05, 0.1) is 6.42 Å². The van der Waals surface area contributed by atoms with Crippen LogP contribution in [0.15, 0.2) is 24.3 Å². The van der Waals surface area contributed by atoms with Gasteiger partial charge in [0.25, 0.3) is 0 Å². The lowest BCUT2D eigenvalue weighted by molar-refractivity contribution is -0.137. The van der Waals surface area contributed by atoms with Crippen molar-refractivity contribution < 1.29 is 9.90 Å². The van der Waals surface area contributed by atoms with E-state index in [4.69, 9.17) is 5.11 Å². The minimum absolute atomic E-state index is 0.0174. The van der Waals surface area contributed by atoms with Crippen molar-refractivity contribution in [1.29, 1.82) is 0 Å². The molecule has 1 aromatic rings. The Bertz CT molecular complexity index is 375. The van der Waals surface area contributed by atoms with Gasteiger partial charge >= 0.3 is 5.97 Å². The van der Waals surface area contributed by atoms with Gasteiger partial charge in [-0.1, -0.05) is 29.8 Å². The summed E-state index contributed by atoms with van der Waals surface area (Å²) < 4.78 is 0. The van der Waals surface area contributed by atoms with E-state index in [1.807, 2.05) is 0 Å². The number of benzene rings is 1. The fourth-order valence-corrected chi connectivity index (χ4v) is 1.98. The minimum Gasteiger partial charge on any atom is -0.481 e. The second-order valence-electron chi connectivity index (χ2n) is 4.28. The molecule has 0 radical (unpaired) electrons. The van der Waals surface area contributed by atoms with Crippen LogP contribution in [-0.4, -0.2) is 17.1 Å². The van der Waals surface area contributed by atoms with Crippen LogP contribution in [0.3, 0.4) is 0 Å². The minimum atomic E-state index is -0.760. The van der Waals surface area contributed by atoms with Crippen LogP contribution in [0.1, 0.15) is 30.0 Å². The van der Waals surface area contributed by atoms with Gasteiger partial charge < -0.3 is 5.11 Å². The first-order valence-corrected chi connectivity index (χ1v) is 5.44. The predicted molar refractivity (Wildman–Crippen MR) is 60.8 cm³/mol. The van der Waals surface area contributed by atoms with Crippen molar-refractivity contribution in [3.05, 3.63) is 35.4 Å². The van der Waals surface area contributed by atoms with Crippen LogP contribution in [0.2, 0.25) is 0 Å². The molecule has 0 aromatic heterocycles. The van der Waals surface area contributed by atoms with E-state index in [0.29, 0.717) is 0 Å². The van der Waals surface area contributed by atoms with Crippen molar-refractivity contribution in [2.24, 2.45) is 0 Å². The zero-order valence-corrected chi connectivity index (χ0v) is 9.23. The molecule has 1 fully saturated rings. The van der Waals surface area contributed by atoms with Crippen LogP contribution in [0.4, 0.5) is 0 Å². The molecule has 4 nitrogen and oxygen atoms in total. The normalized spacial score (nSPS) is 24.6. The zero-order valence-electron chi connectivity index (χ0n) is 9.23. The zero-order chi connectivity index (χ0) is 11.5. The number of aliphatic carboxylic acids is 1. The summed E-state index contributed by atoms with van der Waals surface area (Å²) in [6.07, 6.45) is 0.977. The first-order chi connectivity index (χ1) is 7.65. The van der Waals surface area contributed by atoms with Gasteiger partial charge in [0.1, 0.15) is 0 Å². The summed E-state index contributed by atoms with van der Waals surface area (Å²) >= 11 is 0. The lowest BCUT2D eigenvalue weighted by Crippen LogP contribution is -2.32. The molecule has 1 heterocycles. The molecule has 16 heavy (non-hydrogen) atoms. The molecule has 0 aliphatic carbocycles. The Labute approximate surface area is 94.6 Å². The summed E-state index contributed by atoms with van der Waals surface area (Å²) in [4.78, 5) is 10.6. The maximum absolute atomic E-state index is 10.6. The van der Waals surface area contributed by atoms with Gasteiger partial charge in [0.15, 0.2) is 0 Å². The molecule has 0 bridgehead atoms. The first-order valence-electron chi connectivity index (χ1n) is 5.44. The van der Waals surface area contributed by atoms with Crippen molar-refractivity contribution >= 4 is 5.97 Å². The standard InChI is InChI=1S/C12H16N2O2/c1-8-2-4-9(5-3-8)11-6-10(13-14-11)7-12(15)16/h2-5,10-11,13-14H,6-7H2,1H3,(H,15,16). The SMILES string of the molecule is Cc1ccc(C2CC(CC(=O)O)NN2)cc1. The van der Waals surface area contributed by atoms with E-state index < -0.39 is 5.97 Å². The number of hydrogen-bond donors (Lipinski definition) is 3. The molecule has 0 saturated carbocycles. The third-order valence-electron chi connectivity index (χ3n) is 2.88. The van der Waals surface area contributed by atoms with Crippen LogP contribution in [-0.2, 0) is 4.79 Å². The van der Waals surface area contributed by atoms with Gasteiger partial charge in [-0.2, -0.15) is 0 Å². The van der Waals surface area contributed by atoms with E-state index in [1.165, 1.54) is 11.1 Å². The second kappa shape index (κ2) is 4.63. The maximum atomic E-state index is 10.6. The van der Waals surface area contributed by atoms with Gasteiger partial charge in [0.2, 0.25) is 0 Å². The summed E-state index contributed by atoms with van der Waals surface area (Å²) in [6.45, 7) is 2.05. The molecule has 4 heteroatoms. The molecule has 3 N–H and O–H groups in total. The fraction of sp³-hybridized carbons (Fsp3) is 0.417. The smallest absolute Gasteiger partial charge is 0.304 e. The van der Waals surface area contributed by atoms with Crippen LogP contribution >= 0.6 is 0 Å². The third kappa shape index (κ3) is 2.59. The van der Waals surface area contributed by atoms with Gasteiger partial charge in [-0.15, -0.1) is 0 Å². The van der Waals surface area contributed by atoms with E-state index in [2.05, 4.69) is 42.0 Å². The Morgan fingerprint density at radius 3 is 2.69 bits per heavy atom. The predicted octanol–water partition coefficient (Wildman–Crippen LogP) is 1.38. The van der Waals surface area contributed by atoms with E-state index in [-0.39, 0.29) is 18.5 Å². The van der Waals surface area contributed by atoms with Crippen molar-refractivity contribution in [2.45, 2.75) is 31.8 Å². The summed E-state index contributed by atoms with van der Waals surface area (Å²) in [5.41, 5.74) is 8.59. The Kier molecular flexibility index (Phi) is 3.22. The molecule has 1 aliphatic rings. The largest absolute Gasteiger partial charge is 0.481 e. The highest BCUT2D eigenvalue weighted by atomic mass is 16.4. The molecule has 86 valence electrons. The summed E-state index contributed by atoms with van der Waals surface area (Å²) in [7, 11) is 0. The number of hydrogen-bond acceptors (Lipinski definition) is 3. The molecule has 2 unspecified atom stereocenters. The Morgan fingerprint density at radius 1 is 1.38 bits per heavy atom. The highest BCUT2D eigenvalue weighted by Gasteiger charge is 2.26. The molecule has 1 aliphatic heterocycles. The van der Waals surface area contributed by atoms with E-state index in [1.54, 1.807) is 0 Å². The quantitative estimate of drug-likeness (QED) is 0.720. The Morgan fingerprint density at radius 2 is 2.06 bits per heavy atom. The lowest BCUT2D eigenvalue weighted by atomic mass is 10.00. The average Bonchev–Trinajstić information content (AvgIpc) is 2.66. The summed E-state index contributed by atoms with van der Waals surface area (Å²) in [6, 6.07) is 8.53. The van der Waals surface area contributed by atoms with Crippen LogP contribution in [0, 0.1) is 6.92 Å². The van der Waals surface area contributed by atoms with Crippen LogP contribution < -0.4 is 10.9 Å². The number of hydrazine groups is 1. The van der Waals surface area contributed by atoms with Gasteiger partial charge in [-0.25, -0.2) is 0 Å². The number of aryl methyl sites for hydroxylation is 1. The molecular weight excluding hydrogens is 204 g/mol. The molecule has 0 spiro atoms. The van der Waals surface area contributed by atoms with E-state index >= 15 is 0 Å². The van der Waals surface area contributed by atoms with Gasteiger partial charge in [-0.05, 0) is 18.9 Å². The first kappa shape index (κ1) is 11.1. The average molecular weight is 220 g/mol. The van der Waals surface area contributed by atoms with Crippen molar-refractivity contribution in [3.63, 3.8) is 0 Å². The Hall–Kier alpha value is -1.39. The highest BCUT2D eigenvalue weighted by molar-refractivity contribution is 5.67. The summed E-state index contributed by atoms with van der Waals surface area (Å²) in [5, 5.41) is 8.70. The van der Waals surface area contributed by atoms with Crippen molar-refractivity contribution in [1.82, 2.24) is 10.9 Å². The number of carboxylic acids is 1. The third-order valence-corrected chi connectivity index (χ3v) is 2.88. The van der Waals surface area contributed by atoms with Gasteiger partial charge in [-0.3, -0.25) is 15.6 Å².